The molecule has 1 aromatic rings. The number of rotatable bonds is 4. The number of azide groups is 1. The molecular weight excluding hydrogens is 207 g/mol. The molecule has 0 fully saturated rings. The van der Waals surface area contributed by atoms with Gasteiger partial charge in [0.1, 0.15) is 0 Å². The monoisotopic (exact) mass is 220 g/mol. The molecule has 7 heteroatoms. The average molecular weight is 220 g/mol. The lowest BCUT2D eigenvalue weighted by molar-refractivity contribution is 0.425. The molecule has 0 aliphatic rings. The van der Waals surface area contributed by atoms with Crippen molar-refractivity contribution in [2.45, 2.75) is 20.0 Å². The normalized spacial score (nSPS) is 9.75. The molecule has 0 unspecified atom stereocenters. The first kappa shape index (κ1) is 12.5. The van der Waals surface area contributed by atoms with Gasteiger partial charge in [0.05, 0.1) is 6.54 Å². The van der Waals surface area contributed by atoms with E-state index in [1.54, 1.807) is 12.1 Å². The van der Waals surface area contributed by atoms with E-state index in [9.17, 15) is 0 Å². The molecule has 0 aliphatic carbocycles. The number of hydrogen-bond acceptors (Lipinski definition) is 4. The first-order valence-electron chi connectivity index (χ1n) is 4.79. The van der Waals surface area contributed by atoms with E-state index in [0.717, 1.165) is 16.7 Å². The van der Waals surface area contributed by atoms with Crippen molar-refractivity contribution >= 4 is 12.6 Å². The van der Waals surface area contributed by atoms with Crippen LogP contribution in [0.1, 0.15) is 16.7 Å². The van der Waals surface area contributed by atoms with Crippen molar-refractivity contribution in [2.75, 3.05) is 0 Å². The van der Waals surface area contributed by atoms with Crippen LogP contribution in [0.2, 0.25) is 0 Å². The number of nitrogens with two attached hydrogens (primary N) is 1. The Bertz CT molecular complexity index is 430. The van der Waals surface area contributed by atoms with Gasteiger partial charge in [0.2, 0.25) is 0 Å². The number of benzene rings is 1. The third-order valence-electron chi connectivity index (χ3n) is 2.47. The van der Waals surface area contributed by atoms with Crippen LogP contribution in [-0.2, 0) is 13.1 Å². The van der Waals surface area contributed by atoms with E-state index in [1.165, 1.54) is 0 Å². The van der Waals surface area contributed by atoms with Gasteiger partial charge in [-0.05, 0) is 34.6 Å². The van der Waals surface area contributed by atoms with Gasteiger partial charge < -0.3 is 15.8 Å². The van der Waals surface area contributed by atoms with Gasteiger partial charge in [-0.25, -0.2) is 0 Å². The molecule has 84 valence electrons. The van der Waals surface area contributed by atoms with Crippen molar-refractivity contribution < 1.29 is 10.0 Å². The Labute approximate surface area is 93.5 Å². The average Bonchev–Trinajstić information content (AvgIpc) is 2.27. The third-order valence-corrected chi connectivity index (χ3v) is 2.47. The quantitative estimate of drug-likeness (QED) is 0.285. The standard InChI is InChI=1S/C9H13BN4O2/c1-6-7(4-11)2-9(10(15)16)3-8(6)5-13-14-12/h2-3,15-16H,4-5,11H2,1H3. The highest BCUT2D eigenvalue weighted by Gasteiger charge is 2.14. The van der Waals surface area contributed by atoms with Crippen molar-refractivity contribution in [3.8, 4) is 0 Å². The summed E-state index contributed by atoms with van der Waals surface area (Å²) in [7, 11) is -1.55. The Morgan fingerprint density at radius 3 is 2.56 bits per heavy atom. The molecule has 0 spiro atoms. The zero-order valence-corrected chi connectivity index (χ0v) is 8.96. The summed E-state index contributed by atoms with van der Waals surface area (Å²) >= 11 is 0. The molecule has 0 atom stereocenters. The molecular formula is C9H13BN4O2. The lowest BCUT2D eigenvalue weighted by Crippen LogP contribution is -2.31. The Morgan fingerprint density at radius 2 is 2.06 bits per heavy atom. The second-order valence-corrected chi connectivity index (χ2v) is 3.43. The third kappa shape index (κ3) is 2.74. The van der Waals surface area contributed by atoms with Gasteiger partial charge in [-0.2, -0.15) is 0 Å². The molecule has 0 saturated heterocycles. The molecule has 6 nitrogen and oxygen atoms in total. The first-order chi connectivity index (χ1) is 7.60. The minimum Gasteiger partial charge on any atom is -0.423 e. The van der Waals surface area contributed by atoms with Crippen LogP contribution in [0.3, 0.4) is 0 Å². The summed E-state index contributed by atoms with van der Waals surface area (Å²) in [5.41, 5.74) is 16.6. The molecule has 1 rings (SSSR count). The minimum atomic E-state index is -1.55. The minimum absolute atomic E-state index is 0.176. The molecule has 0 heterocycles. The zero-order valence-electron chi connectivity index (χ0n) is 8.96. The highest BCUT2D eigenvalue weighted by molar-refractivity contribution is 6.58. The van der Waals surface area contributed by atoms with Crippen LogP contribution in [0, 0.1) is 6.92 Å². The van der Waals surface area contributed by atoms with E-state index in [2.05, 4.69) is 10.0 Å². The van der Waals surface area contributed by atoms with E-state index in [-0.39, 0.29) is 6.54 Å². The van der Waals surface area contributed by atoms with Gasteiger partial charge in [0, 0.05) is 11.5 Å². The van der Waals surface area contributed by atoms with Gasteiger partial charge in [-0.1, -0.05) is 17.2 Å². The predicted octanol–water partition coefficient (Wildman–Crippen LogP) is -0.0562. The molecule has 0 bridgehead atoms. The zero-order chi connectivity index (χ0) is 12.1. The molecule has 0 aromatic heterocycles. The van der Waals surface area contributed by atoms with Crippen LogP contribution in [0.5, 0.6) is 0 Å². The second-order valence-electron chi connectivity index (χ2n) is 3.43. The summed E-state index contributed by atoms with van der Waals surface area (Å²) in [6.07, 6.45) is 0. The fourth-order valence-corrected chi connectivity index (χ4v) is 1.50. The van der Waals surface area contributed by atoms with Crippen molar-refractivity contribution in [2.24, 2.45) is 10.8 Å². The fraction of sp³-hybridized carbons (Fsp3) is 0.333. The van der Waals surface area contributed by atoms with E-state index in [4.69, 9.17) is 21.3 Å². The lowest BCUT2D eigenvalue weighted by Gasteiger charge is -2.11. The smallest absolute Gasteiger partial charge is 0.423 e. The van der Waals surface area contributed by atoms with Crippen molar-refractivity contribution in [1.82, 2.24) is 0 Å². The summed E-state index contributed by atoms with van der Waals surface area (Å²) < 4.78 is 0. The number of nitrogens with zero attached hydrogens (tertiary/aromatic N) is 3. The van der Waals surface area contributed by atoms with E-state index in [1.807, 2.05) is 6.92 Å². The maximum Gasteiger partial charge on any atom is 0.488 e. The fourth-order valence-electron chi connectivity index (χ4n) is 1.50. The Kier molecular flexibility index (Phi) is 4.33. The molecule has 0 saturated carbocycles. The summed E-state index contributed by atoms with van der Waals surface area (Å²) in [5, 5.41) is 21.6. The van der Waals surface area contributed by atoms with Gasteiger partial charge in [-0.3, -0.25) is 0 Å². The van der Waals surface area contributed by atoms with Crippen LogP contribution < -0.4 is 11.2 Å². The van der Waals surface area contributed by atoms with Crippen LogP contribution in [-0.4, -0.2) is 17.2 Å². The van der Waals surface area contributed by atoms with Crippen LogP contribution in [0.15, 0.2) is 17.2 Å². The molecule has 1 aromatic carbocycles. The Morgan fingerprint density at radius 1 is 1.44 bits per heavy atom. The van der Waals surface area contributed by atoms with Gasteiger partial charge >= 0.3 is 7.12 Å². The Balaban J connectivity index is 3.23. The predicted molar refractivity (Wildman–Crippen MR) is 61.7 cm³/mol. The van der Waals surface area contributed by atoms with Gasteiger partial charge in [-0.15, -0.1) is 0 Å². The molecule has 0 radical (unpaired) electrons. The van der Waals surface area contributed by atoms with Crippen molar-refractivity contribution in [1.29, 1.82) is 0 Å². The van der Waals surface area contributed by atoms with Gasteiger partial charge in [0.25, 0.3) is 0 Å². The summed E-state index contributed by atoms with van der Waals surface area (Å²) in [6.45, 7) is 2.34. The summed E-state index contributed by atoms with van der Waals surface area (Å²) in [5.74, 6) is 0. The highest BCUT2D eigenvalue weighted by Crippen LogP contribution is 2.13. The highest BCUT2D eigenvalue weighted by atomic mass is 16.4. The largest absolute Gasteiger partial charge is 0.488 e. The SMILES string of the molecule is Cc1c(CN)cc(B(O)O)cc1CN=[N+]=[N-]. The molecule has 0 amide bonds. The summed E-state index contributed by atoms with van der Waals surface area (Å²) in [4.78, 5) is 2.67. The number of hydrogen-bond donors (Lipinski definition) is 3. The van der Waals surface area contributed by atoms with E-state index < -0.39 is 7.12 Å². The topological polar surface area (TPSA) is 115 Å². The van der Waals surface area contributed by atoms with Crippen LogP contribution in [0.25, 0.3) is 10.4 Å². The first-order valence-corrected chi connectivity index (χ1v) is 4.79. The van der Waals surface area contributed by atoms with E-state index in [0.29, 0.717) is 12.0 Å². The van der Waals surface area contributed by atoms with Gasteiger partial charge in [0.15, 0.2) is 0 Å². The lowest BCUT2D eigenvalue weighted by atomic mass is 9.77. The summed E-state index contributed by atoms with van der Waals surface area (Å²) in [6, 6.07) is 3.24. The molecule has 0 aliphatic heterocycles. The van der Waals surface area contributed by atoms with Crippen LogP contribution in [0.4, 0.5) is 0 Å². The van der Waals surface area contributed by atoms with Crippen molar-refractivity contribution in [3.63, 3.8) is 0 Å². The Hall–Kier alpha value is -1.53. The second kappa shape index (κ2) is 5.53. The van der Waals surface area contributed by atoms with Crippen LogP contribution >= 0.6 is 0 Å². The maximum absolute atomic E-state index is 9.10. The molecule has 4 N–H and O–H groups in total. The van der Waals surface area contributed by atoms with E-state index >= 15 is 0 Å². The molecule has 16 heavy (non-hydrogen) atoms. The van der Waals surface area contributed by atoms with Crippen molar-refractivity contribution in [3.05, 3.63) is 39.3 Å². The maximum atomic E-state index is 9.10.